The number of unbranched alkanes of at least 4 members (excludes halogenated alkanes) is 6. The van der Waals surface area contributed by atoms with Gasteiger partial charge in [-0.3, -0.25) is 0 Å². The molecule has 0 aliphatic carbocycles. The Balaban J connectivity index is 4.59. The Labute approximate surface area is 231 Å². The molecule has 0 rings (SSSR count). The minimum Gasteiger partial charge on any atom is -0.377 e. The first kappa shape index (κ1) is 37.3. The minimum absolute atomic E-state index is 0.748. The monoisotopic (exact) mass is 586 g/mol. The standard InChI is InChI=1S/C25H58O9Si3/c1-26-35(27-2,28-3)22-16-10-13-19-25(20-14-11-17-23-36(29-4,30-5)31-6)21-15-12-18-24-37(32-7,33-8)34-9/h25H,10-24H2,1-9H3. The van der Waals surface area contributed by atoms with Gasteiger partial charge in [0, 0.05) is 82.1 Å². The highest BCUT2D eigenvalue weighted by atomic mass is 28.4. The zero-order valence-corrected chi connectivity index (χ0v) is 28.4. The molecule has 0 radical (unpaired) electrons. The zero-order valence-electron chi connectivity index (χ0n) is 25.4. The normalized spacial score (nSPS) is 13.1. The van der Waals surface area contributed by atoms with Gasteiger partial charge in [0.1, 0.15) is 0 Å². The van der Waals surface area contributed by atoms with Crippen LogP contribution in [0.25, 0.3) is 0 Å². The maximum Gasteiger partial charge on any atom is 0.500 e. The van der Waals surface area contributed by atoms with Gasteiger partial charge in [-0.2, -0.15) is 0 Å². The number of hydrogen-bond donors (Lipinski definition) is 0. The summed E-state index contributed by atoms with van der Waals surface area (Å²) < 4.78 is 50.0. The second-order valence-corrected chi connectivity index (χ2v) is 18.8. The molecule has 0 aromatic heterocycles. The molecule has 0 spiro atoms. The van der Waals surface area contributed by atoms with Crippen molar-refractivity contribution in [2.45, 2.75) is 95.2 Å². The van der Waals surface area contributed by atoms with Crippen molar-refractivity contribution >= 4 is 26.4 Å². The van der Waals surface area contributed by atoms with E-state index in [1.807, 2.05) is 0 Å². The Morgan fingerprint density at radius 2 is 0.541 bits per heavy atom. The van der Waals surface area contributed by atoms with Crippen LogP contribution in [0, 0.1) is 5.92 Å². The second kappa shape index (κ2) is 22.0. The van der Waals surface area contributed by atoms with E-state index in [1.54, 1.807) is 64.0 Å². The van der Waals surface area contributed by atoms with Gasteiger partial charge in [0.15, 0.2) is 0 Å². The van der Waals surface area contributed by atoms with Crippen LogP contribution in [0.3, 0.4) is 0 Å². The van der Waals surface area contributed by atoms with Crippen LogP contribution in [-0.2, 0) is 39.8 Å². The van der Waals surface area contributed by atoms with Crippen LogP contribution in [-0.4, -0.2) is 90.4 Å². The van der Waals surface area contributed by atoms with Gasteiger partial charge in [-0.05, 0) is 25.2 Å². The summed E-state index contributed by atoms with van der Waals surface area (Å²) in [6.45, 7) is 0. The lowest BCUT2D eigenvalue weighted by Crippen LogP contribution is -2.42. The summed E-state index contributed by atoms with van der Waals surface area (Å²) in [5.74, 6) is 0.748. The maximum atomic E-state index is 5.56. The van der Waals surface area contributed by atoms with Crippen LogP contribution in [0.2, 0.25) is 18.1 Å². The van der Waals surface area contributed by atoms with Crippen LogP contribution in [0.4, 0.5) is 0 Å². The number of hydrogen-bond acceptors (Lipinski definition) is 9. The molecule has 0 aliphatic heterocycles. The van der Waals surface area contributed by atoms with Gasteiger partial charge in [0.2, 0.25) is 0 Å². The molecule has 224 valence electrons. The fourth-order valence-electron chi connectivity index (χ4n) is 4.96. The molecule has 0 aromatic carbocycles. The first-order valence-corrected chi connectivity index (χ1v) is 19.6. The third kappa shape index (κ3) is 14.5. The van der Waals surface area contributed by atoms with Gasteiger partial charge in [-0.15, -0.1) is 0 Å². The molecule has 0 atom stereocenters. The Bertz CT molecular complexity index is 424. The summed E-state index contributed by atoms with van der Waals surface area (Å²) in [4.78, 5) is 0. The van der Waals surface area contributed by atoms with Gasteiger partial charge in [0.25, 0.3) is 0 Å². The largest absolute Gasteiger partial charge is 0.500 e. The van der Waals surface area contributed by atoms with Crippen molar-refractivity contribution in [3.8, 4) is 0 Å². The van der Waals surface area contributed by atoms with Crippen LogP contribution in [0.15, 0.2) is 0 Å². The fraction of sp³-hybridized carbons (Fsp3) is 1.00. The predicted molar refractivity (Wildman–Crippen MR) is 154 cm³/mol. The molecule has 0 heterocycles. The molecule has 37 heavy (non-hydrogen) atoms. The summed E-state index contributed by atoms with van der Waals surface area (Å²) in [5.41, 5.74) is 0. The van der Waals surface area contributed by atoms with Crippen LogP contribution < -0.4 is 0 Å². The summed E-state index contributed by atoms with van der Waals surface area (Å²) in [6, 6.07) is 2.61. The maximum absolute atomic E-state index is 5.56. The Kier molecular flexibility index (Phi) is 22.2. The molecule has 0 unspecified atom stereocenters. The molecule has 9 nitrogen and oxygen atoms in total. The van der Waals surface area contributed by atoms with E-state index in [9.17, 15) is 0 Å². The van der Waals surface area contributed by atoms with Gasteiger partial charge in [-0.25, -0.2) is 0 Å². The fourth-order valence-corrected chi connectivity index (χ4v) is 10.3. The molecule has 0 aromatic rings. The molecule has 0 fully saturated rings. The highest BCUT2D eigenvalue weighted by Gasteiger charge is 2.38. The van der Waals surface area contributed by atoms with Crippen molar-refractivity contribution in [3.63, 3.8) is 0 Å². The topological polar surface area (TPSA) is 83.1 Å². The third-order valence-electron chi connectivity index (χ3n) is 7.59. The van der Waals surface area contributed by atoms with Gasteiger partial charge in [-0.1, -0.05) is 57.8 Å². The SMILES string of the molecule is CO[Si](CCCCCC(CCCCC[Si](OC)(OC)OC)CCCCC[Si](OC)(OC)OC)(OC)OC. The Morgan fingerprint density at radius 1 is 0.324 bits per heavy atom. The van der Waals surface area contributed by atoms with E-state index in [0.29, 0.717) is 0 Å². The minimum atomic E-state index is -2.46. The van der Waals surface area contributed by atoms with E-state index in [2.05, 4.69) is 0 Å². The first-order chi connectivity index (χ1) is 17.8. The molecule has 0 saturated heterocycles. The van der Waals surface area contributed by atoms with Crippen LogP contribution in [0.5, 0.6) is 0 Å². The van der Waals surface area contributed by atoms with Crippen molar-refractivity contribution in [3.05, 3.63) is 0 Å². The average molecular weight is 587 g/mol. The van der Waals surface area contributed by atoms with Crippen LogP contribution >= 0.6 is 0 Å². The number of rotatable bonds is 27. The van der Waals surface area contributed by atoms with E-state index >= 15 is 0 Å². The Hall–Kier alpha value is 0.291. The summed E-state index contributed by atoms with van der Waals surface area (Å²) in [7, 11) is 7.80. The van der Waals surface area contributed by atoms with E-state index < -0.39 is 26.4 Å². The van der Waals surface area contributed by atoms with Crippen molar-refractivity contribution in [2.75, 3.05) is 64.0 Å². The zero-order chi connectivity index (χ0) is 28.0. The lowest BCUT2D eigenvalue weighted by molar-refractivity contribution is 0.122. The lowest BCUT2D eigenvalue weighted by Gasteiger charge is -2.25. The van der Waals surface area contributed by atoms with Crippen molar-refractivity contribution in [1.82, 2.24) is 0 Å². The van der Waals surface area contributed by atoms with Gasteiger partial charge >= 0.3 is 26.4 Å². The van der Waals surface area contributed by atoms with Gasteiger partial charge < -0.3 is 39.8 Å². The van der Waals surface area contributed by atoms with E-state index in [4.69, 9.17) is 39.8 Å². The first-order valence-electron chi connectivity index (χ1n) is 13.8. The quantitative estimate of drug-likeness (QED) is 0.0860. The summed E-state index contributed by atoms with van der Waals surface area (Å²) >= 11 is 0. The van der Waals surface area contributed by atoms with Gasteiger partial charge in [0.05, 0.1) is 0 Å². The lowest BCUT2D eigenvalue weighted by atomic mass is 9.90. The predicted octanol–water partition coefficient (Wildman–Crippen LogP) is 5.92. The van der Waals surface area contributed by atoms with Crippen LogP contribution in [0.1, 0.15) is 77.0 Å². The highest BCUT2D eigenvalue weighted by Crippen LogP contribution is 2.27. The molecule has 0 aliphatic rings. The molecular formula is C25H58O9Si3. The molecule has 0 bridgehead atoms. The summed E-state index contributed by atoms with van der Waals surface area (Å²) in [6.07, 6.45) is 14.2. The highest BCUT2D eigenvalue weighted by molar-refractivity contribution is 6.61. The van der Waals surface area contributed by atoms with E-state index in [1.165, 1.54) is 57.8 Å². The van der Waals surface area contributed by atoms with Crippen molar-refractivity contribution in [2.24, 2.45) is 5.92 Å². The molecule has 0 N–H and O–H groups in total. The summed E-state index contributed by atoms with van der Waals surface area (Å²) in [5, 5.41) is 0. The second-order valence-electron chi connectivity index (χ2n) is 9.55. The Morgan fingerprint density at radius 3 is 0.730 bits per heavy atom. The molecule has 0 amide bonds. The molecular weight excluding hydrogens is 529 g/mol. The molecule has 0 saturated carbocycles. The smallest absolute Gasteiger partial charge is 0.377 e. The third-order valence-corrected chi connectivity index (χ3v) is 16.1. The van der Waals surface area contributed by atoms with E-state index in [0.717, 1.165) is 43.3 Å². The van der Waals surface area contributed by atoms with Crippen molar-refractivity contribution in [1.29, 1.82) is 0 Å². The van der Waals surface area contributed by atoms with E-state index in [-0.39, 0.29) is 0 Å². The average Bonchev–Trinajstić information content (AvgIpc) is 2.95. The molecule has 12 heteroatoms. The van der Waals surface area contributed by atoms with Crippen molar-refractivity contribution < 1.29 is 39.8 Å².